The molecule has 4 N–H and O–H groups in total. The Labute approximate surface area is 123 Å². The zero-order chi connectivity index (χ0) is 15.4. The molecule has 0 aliphatic carbocycles. The molecule has 1 aromatic carbocycles. The summed E-state index contributed by atoms with van der Waals surface area (Å²) in [6.07, 6.45) is 1.87. The monoisotopic (exact) mass is 292 g/mol. The summed E-state index contributed by atoms with van der Waals surface area (Å²) in [6.45, 7) is 0.570. The highest BCUT2D eigenvalue weighted by Gasteiger charge is 2.32. The summed E-state index contributed by atoms with van der Waals surface area (Å²) in [7, 11) is 0. The predicted octanol–water partition coefficient (Wildman–Crippen LogP) is 0.728. The van der Waals surface area contributed by atoms with Gasteiger partial charge in [-0.1, -0.05) is 12.1 Å². The lowest BCUT2D eigenvalue weighted by atomic mass is 10.0. The number of hydrogen-bond acceptors (Lipinski definition) is 4. The van der Waals surface area contributed by atoms with Crippen LogP contribution in [0.3, 0.4) is 0 Å². The Morgan fingerprint density at radius 3 is 2.62 bits per heavy atom. The molecule has 0 bridgehead atoms. The summed E-state index contributed by atoms with van der Waals surface area (Å²) in [5.41, 5.74) is 6.82. The number of carbonyl (C=O) groups is 2. The minimum atomic E-state index is -0.896. The third-order valence-corrected chi connectivity index (χ3v) is 3.78. The van der Waals surface area contributed by atoms with E-state index in [1.165, 1.54) is 0 Å². The molecule has 1 aromatic rings. The third kappa shape index (κ3) is 3.95. The molecule has 1 aliphatic heterocycles. The van der Waals surface area contributed by atoms with Crippen molar-refractivity contribution in [2.24, 2.45) is 5.73 Å². The van der Waals surface area contributed by atoms with Gasteiger partial charge in [-0.05, 0) is 37.0 Å². The van der Waals surface area contributed by atoms with Crippen LogP contribution in [-0.4, -0.2) is 45.6 Å². The number of carbonyl (C=O) groups excluding carboxylic acids is 1. The average Bonchev–Trinajstić information content (AvgIpc) is 2.87. The maximum atomic E-state index is 12.4. The van der Waals surface area contributed by atoms with Crippen LogP contribution in [0.5, 0.6) is 5.75 Å². The Balaban J connectivity index is 1.98. The second-order valence-corrected chi connectivity index (χ2v) is 5.40. The van der Waals surface area contributed by atoms with Crippen molar-refractivity contribution in [2.45, 2.75) is 37.8 Å². The zero-order valence-electron chi connectivity index (χ0n) is 11.7. The van der Waals surface area contributed by atoms with Crippen LogP contribution in [0.1, 0.15) is 24.8 Å². The molecule has 1 heterocycles. The van der Waals surface area contributed by atoms with Gasteiger partial charge in [0.2, 0.25) is 5.91 Å². The van der Waals surface area contributed by atoms with E-state index in [-0.39, 0.29) is 24.1 Å². The number of phenolic OH excluding ortho intramolecular Hbond substituents is 1. The van der Waals surface area contributed by atoms with Crippen molar-refractivity contribution < 1.29 is 19.8 Å². The fourth-order valence-electron chi connectivity index (χ4n) is 2.73. The molecule has 1 saturated heterocycles. The second-order valence-electron chi connectivity index (χ2n) is 5.40. The number of nitrogens with two attached hydrogens (primary N) is 1. The molecule has 0 aromatic heterocycles. The summed E-state index contributed by atoms with van der Waals surface area (Å²) in [6, 6.07) is 5.61. The number of carboxylic acids is 1. The summed E-state index contributed by atoms with van der Waals surface area (Å²) in [4.78, 5) is 24.8. The second kappa shape index (κ2) is 6.58. The number of phenols is 1. The van der Waals surface area contributed by atoms with Gasteiger partial charge < -0.3 is 20.8 Å². The van der Waals surface area contributed by atoms with Crippen molar-refractivity contribution in [1.29, 1.82) is 0 Å². The SMILES string of the molecule is NC(Cc1ccc(O)cc1)C(=O)N1CCCC1CC(=O)O. The smallest absolute Gasteiger partial charge is 0.305 e. The average molecular weight is 292 g/mol. The molecule has 6 nitrogen and oxygen atoms in total. The van der Waals surface area contributed by atoms with Crippen molar-refractivity contribution in [1.82, 2.24) is 4.90 Å². The quantitative estimate of drug-likeness (QED) is 0.742. The Bertz CT molecular complexity index is 515. The summed E-state index contributed by atoms with van der Waals surface area (Å²) >= 11 is 0. The molecule has 1 amide bonds. The lowest BCUT2D eigenvalue weighted by molar-refractivity contribution is -0.140. The standard InChI is InChI=1S/C15H20N2O4/c16-13(8-10-3-5-12(18)6-4-10)15(21)17-7-1-2-11(17)9-14(19)20/h3-6,11,13,18H,1-2,7-9,16H2,(H,19,20). The molecule has 0 saturated carbocycles. The molecule has 2 atom stereocenters. The van der Waals surface area contributed by atoms with Crippen molar-refractivity contribution in [3.05, 3.63) is 29.8 Å². The first-order chi connectivity index (χ1) is 9.97. The van der Waals surface area contributed by atoms with E-state index in [0.29, 0.717) is 19.4 Å². The first kappa shape index (κ1) is 15.3. The number of nitrogens with zero attached hydrogens (tertiary/aromatic N) is 1. The van der Waals surface area contributed by atoms with Crippen LogP contribution in [-0.2, 0) is 16.0 Å². The fourth-order valence-corrected chi connectivity index (χ4v) is 2.73. The van der Waals surface area contributed by atoms with Crippen LogP contribution in [0.25, 0.3) is 0 Å². The number of aliphatic carboxylic acids is 1. The van der Waals surface area contributed by atoms with Crippen LogP contribution in [0.4, 0.5) is 0 Å². The van der Waals surface area contributed by atoms with Gasteiger partial charge in [-0.15, -0.1) is 0 Å². The van der Waals surface area contributed by atoms with E-state index in [2.05, 4.69) is 0 Å². The van der Waals surface area contributed by atoms with Gasteiger partial charge in [0.1, 0.15) is 5.75 Å². The highest BCUT2D eigenvalue weighted by atomic mass is 16.4. The minimum absolute atomic E-state index is 0.0301. The van der Waals surface area contributed by atoms with Crippen molar-refractivity contribution >= 4 is 11.9 Å². The van der Waals surface area contributed by atoms with Crippen LogP contribution >= 0.6 is 0 Å². The molecule has 1 aliphatic rings. The molecular weight excluding hydrogens is 272 g/mol. The van der Waals surface area contributed by atoms with Crippen LogP contribution < -0.4 is 5.73 Å². The molecule has 2 unspecified atom stereocenters. The Hall–Kier alpha value is -2.08. The normalized spacial score (nSPS) is 19.5. The number of likely N-dealkylation sites (tertiary alicyclic amines) is 1. The van der Waals surface area contributed by atoms with Crippen LogP contribution in [0, 0.1) is 0 Å². The molecule has 6 heteroatoms. The molecule has 21 heavy (non-hydrogen) atoms. The van der Waals surface area contributed by atoms with Gasteiger partial charge in [0.25, 0.3) is 0 Å². The molecule has 114 valence electrons. The van der Waals surface area contributed by atoms with E-state index in [4.69, 9.17) is 10.8 Å². The minimum Gasteiger partial charge on any atom is -0.508 e. The van der Waals surface area contributed by atoms with Crippen molar-refractivity contribution in [2.75, 3.05) is 6.54 Å². The van der Waals surface area contributed by atoms with Crippen molar-refractivity contribution in [3.8, 4) is 5.75 Å². The molecule has 2 rings (SSSR count). The molecule has 1 fully saturated rings. The molecule has 0 radical (unpaired) electrons. The topological polar surface area (TPSA) is 104 Å². The van der Waals surface area contributed by atoms with Crippen molar-refractivity contribution in [3.63, 3.8) is 0 Å². The van der Waals surface area contributed by atoms with Gasteiger partial charge >= 0.3 is 5.97 Å². The number of amides is 1. The van der Waals surface area contributed by atoms with Gasteiger partial charge in [-0.25, -0.2) is 0 Å². The summed E-state index contributed by atoms with van der Waals surface area (Å²) in [5, 5.41) is 18.1. The first-order valence-corrected chi connectivity index (χ1v) is 7.03. The van der Waals surface area contributed by atoms with Crippen LogP contribution in [0.15, 0.2) is 24.3 Å². The van der Waals surface area contributed by atoms with Gasteiger partial charge in [0.05, 0.1) is 12.5 Å². The van der Waals surface area contributed by atoms with E-state index in [9.17, 15) is 14.7 Å². The first-order valence-electron chi connectivity index (χ1n) is 7.03. The van der Waals surface area contributed by atoms with E-state index in [1.54, 1.807) is 29.2 Å². The number of benzene rings is 1. The van der Waals surface area contributed by atoms with Crippen LogP contribution in [0.2, 0.25) is 0 Å². The maximum Gasteiger partial charge on any atom is 0.305 e. The summed E-state index contributed by atoms with van der Waals surface area (Å²) < 4.78 is 0. The van der Waals surface area contributed by atoms with E-state index < -0.39 is 12.0 Å². The van der Waals surface area contributed by atoms with Gasteiger partial charge in [0.15, 0.2) is 0 Å². The van der Waals surface area contributed by atoms with Gasteiger partial charge in [0, 0.05) is 12.6 Å². The molecule has 0 spiro atoms. The van der Waals surface area contributed by atoms with E-state index in [1.807, 2.05) is 0 Å². The van der Waals surface area contributed by atoms with Gasteiger partial charge in [-0.3, -0.25) is 9.59 Å². The summed E-state index contributed by atoms with van der Waals surface area (Å²) in [5.74, 6) is -0.932. The number of hydrogen-bond donors (Lipinski definition) is 3. The number of carboxylic acid groups (broad SMARTS) is 1. The van der Waals surface area contributed by atoms with E-state index >= 15 is 0 Å². The Kier molecular flexibility index (Phi) is 4.80. The fraction of sp³-hybridized carbons (Fsp3) is 0.467. The van der Waals surface area contributed by atoms with Gasteiger partial charge in [-0.2, -0.15) is 0 Å². The number of rotatable bonds is 5. The lowest BCUT2D eigenvalue weighted by Crippen LogP contribution is -2.47. The predicted molar refractivity (Wildman–Crippen MR) is 76.8 cm³/mol. The Morgan fingerprint density at radius 1 is 1.33 bits per heavy atom. The Morgan fingerprint density at radius 2 is 2.00 bits per heavy atom. The maximum absolute atomic E-state index is 12.4. The zero-order valence-corrected chi connectivity index (χ0v) is 11.7. The highest BCUT2D eigenvalue weighted by molar-refractivity contribution is 5.83. The largest absolute Gasteiger partial charge is 0.508 e. The number of aromatic hydroxyl groups is 1. The highest BCUT2D eigenvalue weighted by Crippen LogP contribution is 2.21. The van der Waals surface area contributed by atoms with E-state index in [0.717, 1.165) is 12.0 Å². The lowest BCUT2D eigenvalue weighted by Gasteiger charge is -2.26. The third-order valence-electron chi connectivity index (χ3n) is 3.78. The molecular formula is C15H20N2O4.